The van der Waals surface area contributed by atoms with Crippen LogP contribution in [0.25, 0.3) is 22.4 Å². The van der Waals surface area contributed by atoms with Crippen LogP contribution >= 0.6 is 22.6 Å². The Balaban J connectivity index is 1.58. The number of allylic oxidation sites excluding steroid dienone is 1. The fourth-order valence-electron chi connectivity index (χ4n) is 3.34. The molecule has 0 heterocycles. The van der Waals surface area contributed by atoms with Crippen LogP contribution in [0.1, 0.15) is 16.7 Å². The fourth-order valence-corrected chi connectivity index (χ4v) is 3.70. The molecule has 31 heavy (non-hydrogen) atoms. The summed E-state index contributed by atoms with van der Waals surface area (Å²) >= 11 is 2.28. The Morgan fingerprint density at radius 2 is 1.68 bits per heavy atom. The van der Waals surface area contributed by atoms with Gasteiger partial charge in [-0.1, -0.05) is 54.6 Å². The third-order valence-corrected chi connectivity index (χ3v) is 5.71. The van der Waals surface area contributed by atoms with Crippen molar-refractivity contribution in [3.05, 3.63) is 105 Å². The van der Waals surface area contributed by atoms with Gasteiger partial charge in [0.15, 0.2) is 11.5 Å². The fraction of sp³-hybridized carbons (Fsp3) is 0.0741. The summed E-state index contributed by atoms with van der Waals surface area (Å²) in [5.41, 5.74) is 3.46. The van der Waals surface area contributed by atoms with Crippen molar-refractivity contribution in [1.29, 1.82) is 5.26 Å². The van der Waals surface area contributed by atoms with Crippen LogP contribution in [0.3, 0.4) is 0 Å². The van der Waals surface area contributed by atoms with Crippen LogP contribution in [0, 0.1) is 14.9 Å². The van der Waals surface area contributed by atoms with E-state index < -0.39 is 0 Å². The number of nitriles is 1. The summed E-state index contributed by atoms with van der Waals surface area (Å²) in [6, 6.07) is 30.4. The van der Waals surface area contributed by atoms with Crippen LogP contribution in [-0.4, -0.2) is 7.11 Å². The molecular formula is C27H20INO2. The number of hydrogen-bond acceptors (Lipinski definition) is 3. The summed E-state index contributed by atoms with van der Waals surface area (Å²) in [5.74, 6) is 1.30. The van der Waals surface area contributed by atoms with Gasteiger partial charge in [-0.3, -0.25) is 0 Å². The molecule has 4 heteroatoms. The maximum atomic E-state index is 9.75. The van der Waals surface area contributed by atoms with Gasteiger partial charge in [-0.2, -0.15) is 5.26 Å². The lowest BCUT2D eigenvalue weighted by Crippen LogP contribution is -1.98. The maximum absolute atomic E-state index is 9.75. The Morgan fingerprint density at radius 1 is 0.903 bits per heavy atom. The van der Waals surface area contributed by atoms with E-state index in [4.69, 9.17) is 9.47 Å². The van der Waals surface area contributed by atoms with Gasteiger partial charge in [0.1, 0.15) is 6.61 Å². The summed E-state index contributed by atoms with van der Waals surface area (Å²) < 4.78 is 12.7. The molecule has 0 amide bonds. The molecule has 0 aliphatic heterocycles. The topological polar surface area (TPSA) is 42.2 Å². The molecule has 0 saturated heterocycles. The van der Waals surface area contributed by atoms with Gasteiger partial charge in [-0.15, -0.1) is 0 Å². The van der Waals surface area contributed by atoms with Crippen molar-refractivity contribution in [2.24, 2.45) is 0 Å². The number of rotatable bonds is 6. The second kappa shape index (κ2) is 9.67. The van der Waals surface area contributed by atoms with E-state index in [2.05, 4.69) is 52.9 Å². The average Bonchev–Trinajstić information content (AvgIpc) is 2.82. The summed E-state index contributed by atoms with van der Waals surface area (Å²) in [6.07, 6.45) is 1.87. The van der Waals surface area contributed by atoms with Gasteiger partial charge >= 0.3 is 0 Å². The molecule has 4 rings (SSSR count). The monoisotopic (exact) mass is 517 g/mol. The molecule has 0 spiro atoms. The van der Waals surface area contributed by atoms with Crippen molar-refractivity contribution in [3.63, 3.8) is 0 Å². The smallest absolute Gasteiger partial charge is 0.161 e. The number of halogens is 1. The SMILES string of the molecule is COc1cc(/C=C(/C#N)c2ccc3ccccc3c2)ccc1OCc1ccc(I)cc1. The number of benzene rings is 4. The van der Waals surface area contributed by atoms with Crippen LogP contribution in [0.15, 0.2) is 84.9 Å². The number of methoxy groups -OCH3 is 1. The van der Waals surface area contributed by atoms with Gasteiger partial charge in [-0.25, -0.2) is 0 Å². The van der Waals surface area contributed by atoms with Crippen molar-refractivity contribution in [3.8, 4) is 17.6 Å². The van der Waals surface area contributed by atoms with Crippen molar-refractivity contribution in [1.82, 2.24) is 0 Å². The molecule has 3 nitrogen and oxygen atoms in total. The molecule has 0 atom stereocenters. The largest absolute Gasteiger partial charge is 0.493 e. The molecule has 0 aliphatic carbocycles. The van der Waals surface area contributed by atoms with E-state index in [1.165, 1.54) is 3.57 Å². The highest BCUT2D eigenvalue weighted by molar-refractivity contribution is 14.1. The third kappa shape index (κ3) is 5.07. The lowest BCUT2D eigenvalue weighted by molar-refractivity contribution is 0.284. The normalized spacial score (nSPS) is 11.2. The molecule has 0 N–H and O–H groups in total. The maximum Gasteiger partial charge on any atom is 0.161 e. The van der Waals surface area contributed by atoms with Gasteiger partial charge < -0.3 is 9.47 Å². The molecule has 0 aliphatic rings. The first-order chi connectivity index (χ1) is 15.2. The van der Waals surface area contributed by atoms with Crippen LogP contribution in [0.4, 0.5) is 0 Å². The lowest BCUT2D eigenvalue weighted by atomic mass is 10.00. The van der Waals surface area contributed by atoms with E-state index in [1.54, 1.807) is 7.11 Å². The van der Waals surface area contributed by atoms with Gasteiger partial charge in [-0.05, 0) is 86.5 Å². The Kier molecular flexibility index (Phi) is 6.54. The first-order valence-corrected chi connectivity index (χ1v) is 10.9. The van der Waals surface area contributed by atoms with Crippen LogP contribution in [-0.2, 0) is 6.61 Å². The van der Waals surface area contributed by atoms with E-state index in [0.29, 0.717) is 23.7 Å². The summed E-state index contributed by atoms with van der Waals surface area (Å²) in [7, 11) is 1.62. The number of fused-ring (bicyclic) bond motifs is 1. The highest BCUT2D eigenvalue weighted by atomic mass is 127. The molecule has 0 aromatic heterocycles. The molecule has 0 bridgehead atoms. The van der Waals surface area contributed by atoms with Crippen LogP contribution in [0.2, 0.25) is 0 Å². The minimum absolute atomic E-state index is 0.461. The first kappa shape index (κ1) is 21.0. The molecule has 0 unspecified atom stereocenters. The standard InChI is InChI=1S/C27H20INO2/c1-30-27-15-20(8-13-26(27)31-18-19-6-11-25(28)12-7-19)14-24(17-29)23-10-9-21-4-2-3-5-22(21)16-23/h2-16H,18H2,1H3/b24-14-. The van der Waals surface area contributed by atoms with Gasteiger partial charge in [0.25, 0.3) is 0 Å². The lowest BCUT2D eigenvalue weighted by Gasteiger charge is -2.12. The van der Waals surface area contributed by atoms with E-state index in [-0.39, 0.29) is 0 Å². The minimum atomic E-state index is 0.461. The third-order valence-electron chi connectivity index (χ3n) is 4.99. The number of nitrogens with zero attached hydrogens (tertiary/aromatic N) is 1. The second-order valence-corrected chi connectivity index (χ2v) is 8.30. The van der Waals surface area contributed by atoms with E-state index >= 15 is 0 Å². The minimum Gasteiger partial charge on any atom is -0.493 e. The number of ether oxygens (including phenoxy) is 2. The second-order valence-electron chi connectivity index (χ2n) is 7.06. The van der Waals surface area contributed by atoms with Crippen molar-refractivity contribution in [2.75, 3.05) is 7.11 Å². The van der Waals surface area contributed by atoms with Gasteiger partial charge in [0.05, 0.1) is 18.8 Å². The zero-order chi connectivity index (χ0) is 21.6. The molecule has 152 valence electrons. The predicted octanol–water partition coefficient (Wildman–Crippen LogP) is 7.10. The summed E-state index contributed by atoms with van der Waals surface area (Å²) in [5, 5.41) is 12.0. The Hall–Kier alpha value is -3.30. The van der Waals surface area contributed by atoms with Crippen LogP contribution < -0.4 is 9.47 Å². The van der Waals surface area contributed by atoms with E-state index in [1.807, 2.05) is 66.7 Å². The number of hydrogen-bond donors (Lipinski definition) is 0. The average molecular weight is 517 g/mol. The van der Waals surface area contributed by atoms with E-state index in [0.717, 1.165) is 27.5 Å². The molecular weight excluding hydrogens is 497 g/mol. The first-order valence-electron chi connectivity index (χ1n) is 9.82. The quantitative estimate of drug-likeness (QED) is 0.156. The van der Waals surface area contributed by atoms with E-state index in [9.17, 15) is 5.26 Å². The summed E-state index contributed by atoms with van der Waals surface area (Å²) in [6.45, 7) is 0.461. The highest BCUT2D eigenvalue weighted by Crippen LogP contribution is 2.31. The van der Waals surface area contributed by atoms with Gasteiger partial charge in [0, 0.05) is 3.57 Å². The molecule has 0 saturated carbocycles. The van der Waals surface area contributed by atoms with Crippen LogP contribution in [0.5, 0.6) is 11.5 Å². The zero-order valence-electron chi connectivity index (χ0n) is 17.0. The van der Waals surface area contributed by atoms with Crippen molar-refractivity contribution < 1.29 is 9.47 Å². The molecule has 0 radical (unpaired) electrons. The van der Waals surface area contributed by atoms with Gasteiger partial charge in [0.2, 0.25) is 0 Å². The zero-order valence-corrected chi connectivity index (χ0v) is 19.2. The Labute approximate surface area is 195 Å². The molecule has 4 aromatic rings. The molecule has 0 fully saturated rings. The predicted molar refractivity (Wildman–Crippen MR) is 134 cm³/mol. The summed E-state index contributed by atoms with van der Waals surface area (Å²) in [4.78, 5) is 0. The van der Waals surface area contributed by atoms with Crippen molar-refractivity contribution >= 4 is 45.0 Å². The Bertz CT molecular complexity index is 1290. The highest BCUT2D eigenvalue weighted by Gasteiger charge is 2.08. The molecule has 4 aromatic carbocycles. The van der Waals surface area contributed by atoms with Crippen molar-refractivity contribution in [2.45, 2.75) is 6.61 Å². The Morgan fingerprint density at radius 3 is 2.42 bits per heavy atom.